The van der Waals surface area contributed by atoms with Gasteiger partial charge in [-0.15, -0.1) is 0 Å². The van der Waals surface area contributed by atoms with Gasteiger partial charge >= 0.3 is 0 Å². The van der Waals surface area contributed by atoms with Gasteiger partial charge in [0, 0.05) is 17.6 Å². The van der Waals surface area contributed by atoms with Gasteiger partial charge in [-0.3, -0.25) is 4.72 Å². The Labute approximate surface area is 161 Å². The Balaban J connectivity index is 1.97. The van der Waals surface area contributed by atoms with Crippen LogP contribution in [0.2, 0.25) is 0 Å². The smallest absolute Gasteiger partial charge is 0.280 e. The second kappa shape index (κ2) is 8.11. The molecule has 0 aliphatic rings. The van der Waals surface area contributed by atoms with E-state index in [0.29, 0.717) is 0 Å². The summed E-state index contributed by atoms with van der Waals surface area (Å²) >= 11 is 0. The first kappa shape index (κ1) is 20.6. The van der Waals surface area contributed by atoms with Crippen LogP contribution in [-0.2, 0) is 10.0 Å². The predicted octanol–water partition coefficient (Wildman–Crippen LogP) is 3.19. The molecule has 3 heterocycles. The number of ether oxygens (including phenoxy) is 2. The molecule has 0 aromatic carbocycles. The van der Waals surface area contributed by atoms with E-state index in [0.717, 1.165) is 18.3 Å². The monoisotopic (exact) mass is 434 g/mol. The minimum Gasteiger partial charge on any atom is -0.479 e. The second-order valence-corrected chi connectivity index (χ2v) is 7.21. The minimum absolute atomic E-state index is 0.0530. The number of hydrogen-bond acceptors (Lipinski definition) is 6. The van der Waals surface area contributed by atoms with Gasteiger partial charge in [-0.05, 0) is 12.1 Å². The standard InChI is InChI=1S/C16H14F4N4O4S/c1-27-16-11(6-9(18)15(23-16)28-5-4-17)24-29(25,26)12-7-21-14-8(12)2-3-10(22-14)13(19)20/h2-3,6-7,13,24H,4-5H2,1H3,(H,21,22). The Morgan fingerprint density at radius 2 is 2.00 bits per heavy atom. The molecule has 29 heavy (non-hydrogen) atoms. The van der Waals surface area contributed by atoms with Gasteiger partial charge in [0.25, 0.3) is 22.3 Å². The van der Waals surface area contributed by atoms with Crippen LogP contribution in [0.25, 0.3) is 11.0 Å². The van der Waals surface area contributed by atoms with Gasteiger partial charge in [-0.2, -0.15) is 4.98 Å². The number of fused-ring (bicyclic) bond motifs is 1. The van der Waals surface area contributed by atoms with Crippen LogP contribution in [0.4, 0.5) is 23.2 Å². The van der Waals surface area contributed by atoms with E-state index in [9.17, 15) is 26.0 Å². The molecule has 3 aromatic rings. The van der Waals surface area contributed by atoms with Crippen LogP contribution in [0, 0.1) is 5.82 Å². The number of sulfonamides is 1. The van der Waals surface area contributed by atoms with E-state index in [-0.39, 0.29) is 27.5 Å². The maximum absolute atomic E-state index is 14.1. The first-order valence-electron chi connectivity index (χ1n) is 7.99. The van der Waals surface area contributed by atoms with Crippen LogP contribution in [0.15, 0.2) is 29.3 Å². The number of anilines is 1. The van der Waals surface area contributed by atoms with E-state index < -0.39 is 47.1 Å². The molecule has 13 heteroatoms. The number of nitrogens with zero attached hydrogens (tertiary/aromatic N) is 2. The van der Waals surface area contributed by atoms with E-state index in [1.807, 2.05) is 0 Å². The zero-order valence-corrected chi connectivity index (χ0v) is 15.6. The summed E-state index contributed by atoms with van der Waals surface area (Å²) in [6.45, 7) is -1.32. The van der Waals surface area contributed by atoms with Crippen molar-refractivity contribution in [2.24, 2.45) is 0 Å². The van der Waals surface area contributed by atoms with Gasteiger partial charge in [-0.25, -0.2) is 31.0 Å². The molecule has 0 aliphatic carbocycles. The number of nitrogens with one attached hydrogen (secondary N) is 2. The molecule has 0 aliphatic heterocycles. The molecule has 3 rings (SSSR count). The third kappa shape index (κ3) is 4.18. The van der Waals surface area contributed by atoms with E-state index in [1.54, 1.807) is 0 Å². The van der Waals surface area contributed by atoms with Gasteiger partial charge in [0.05, 0.1) is 7.11 Å². The second-order valence-electron chi connectivity index (χ2n) is 5.56. The highest BCUT2D eigenvalue weighted by molar-refractivity contribution is 7.93. The first-order chi connectivity index (χ1) is 13.8. The maximum Gasteiger partial charge on any atom is 0.280 e. The Bertz CT molecular complexity index is 1140. The van der Waals surface area contributed by atoms with Gasteiger partial charge < -0.3 is 14.5 Å². The SMILES string of the molecule is COc1nc(OCCF)c(F)cc1NS(=O)(=O)c1c[nH]c2nc(C(F)F)ccc12. The molecule has 2 N–H and O–H groups in total. The first-order valence-corrected chi connectivity index (χ1v) is 9.47. The molecule has 0 bridgehead atoms. The van der Waals surface area contributed by atoms with Crippen LogP contribution in [0.5, 0.6) is 11.8 Å². The molecule has 0 fully saturated rings. The number of aromatic nitrogens is 3. The van der Waals surface area contributed by atoms with Gasteiger partial charge in [-0.1, -0.05) is 0 Å². The van der Waals surface area contributed by atoms with Crippen molar-refractivity contribution in [1.82, 2.24) is 15.0 Å². The average molecular weight is 434 g/mol. The van der Waals surface area contributed by atoms with Crippen molar-refractivity contribution in [3.05, 3.63) is 35.9 Å². The molecule has 0 spiro atoms. The molecule has 0 radical (unpaired) electrons. The fourth-order valence-electron chi connectivity index (χ4n) is 2.46. The molecular weight excluding hydrogens is 420 g/mol. The molecule has 0 saturated carbocycles. The Kier molecular flexibility index (Phi) is 5.77. The number of halogens is 4. The summed E-state index contributed by atoms with van der Waals surface area (Å²) in [4.78, 5) is 9.54. The number of pyridine rings is 2. The Hall–Kier alpha value is -3.09. The quantitative estimate of drug-likeness (QED) is 0.528. The van der Waals surface area contributed by atoms with Crippen molar-refractivity contribution in [1.29, 1.82) is 0 Å². The highest BCUT2D eigenvalue weighted by Crippen LogP contribution is 2.32. The van der Waals surface area contributed by atoms with Crippen LogP contribution < -0.4 is 14.2 Å². The zero-order valence-electron chi connectivity index (χ0n) is 14.7. The molecule has 8 nitrogen and oxygen atoms in total. The lowest BCUT2D eigenvalue weighted by molar-refractivity contribution is 0.146. The Morgan fingerprint density at radius 3 is 2.66 bits per heavy atom. The van der Waals surface area contributed by atoms with Crippen molar-refractivity contribution < 1.29 is 35.5 Å². The molecule has 0 amide bonds. The fourth-order valence-corrected chi connectivity index (χ4v) is 3.67. The van der Waals surface area contributed by atoms with Crippen molar-refractivity contribution in [3.63, 3.8) is 0 Å². The molecule has 0 atom stereocenters. The van der Waals surface area contributed by atoms with E-state index >= 15 is 0 Å². The van der Waals surface area contributed by atoms with Crippen LogP contribution in [0.3, 0.4) is 0 Å². The molecule has 0 unspecified atom stereocenters. The zero-order chi connectivity index (χ0) is 21.2. The van der Waals surface area contributed by atoms with Crippen molar-refractivity contribution in [3.8, 4) is 11.8 Å². The number of methoxy groups -OCH3 is 1. The summed E-state index contributed by atoms with van der Waals surface area (Å²) < 4.78 is 89.1. The highest BCUT2D eigenvalue weighted by atomic mass is 32.2. The normalized spacial score (nSPS) is 11.8. The van der Waals surface area contributed by atoms with Crippen LogP contribution >= 0.6 is 0 Å². The number of alkyl halides is 3. The number of rotatable bonds is 8. The maximum atomic E-state index is 14.1. The fraction of sp³-hybridized carbons (Fsp3) is 0.250. The lowest BCUT2D eigenvalue weighted by Gasteiger charge is -2.13. The van der Waals surface area contributed by atoms with Gasteiger partial charge in [0.15, 0.2) is 5.82 Å². The summed E-state index contributed by atoms with van der Waals surface area (Å²) in [5, 5.41) is 0.0530. The van der Waals surface area contributed by atoms with Crippen molar-refractivity contribution in [2.75, 3.05) is 25.1 Å². The van der Waals surface area contributed by atoms with Gasteiger partial charge in [0.2, 0.25) is 5.88 Å². The summed E-state index contributed by atoms with van der Waals surface area (Å²) in [5.74, 6) is -1.92. The molecular formula is C16H14F4N4O4S. The van der Waals surface area contributed by atoms with Crippen LogP contribution in [0.1, 0.15) is 12.1 Å². The molecule has 0 saturated heterocycles. The summed E-state index contributed by atoms with van der Waals surface area (Å²) in [6.07, 6.45) is -1.76. The lowest BCUT2D eigenvalue weighted by Crippen LogP contribution is -2.14. The highest BCUT2D eigenvalue weighted by Gasteiger charge is 2.24. The number of aromatic amines is 1. The van der Waals surface area contributed by atoms with E-state index in [1.165, 1.54) is 13.2 Å². The summed E-state index contributed by atoms with van der Waals surface area (Å²) in [5.41, 5.74) is -0.924. The molecule has 3 aromatic heterocycles. The summed E-state index contributed by atoms with van der Waals surface area (Å²) in [6, 6.07) is 2.94. The average Bonchev–Trinajstić information content (AvgIpc) is 3.11. The van der Waals surface area contributed by atoms with Crippen molar-refractivity contribution >= 4 is 26.7 Å². The third-order valence-electron chi connectivity index (χ3n) is 3.70. The predicted molar refractivity (Wildman–Crippen MR) is 94.1 cm³/mol. The van der Waals surface area contributed by atoms with Crippen LogP contribution in [-0.4, -0.2) is 43.8 Å². The largest absolute Gasteiger partial charge is 0.479 e. The molecule has 156 valence electrons. The number of hydrogen-bond donors (Lipinski definition) is 2. The topological polar surface area (TPSA) is 106 Å². The third-order valence-corrected chi connectivity index (χ3v) is 5.10. The minimum atomic E-state index is -4.31. The van der Waals surface area contributed by atoms with E-state index in [4.69, 9.17) is 9.47 Å². The van der Waals surface area contributed by atoms with E-state index in [2.05, 4.69) is 19.7 Å². The number of H-pyrrole nitrogens is 1. The van der Waals surface area contributed by atoms with Crippen molar-refractivity contribution in [2.45, 2.75) is 11.3 Å². The Morgan fingerprint density at radius 1 is 1.24 bits per heavy atom. The summed E-state index contributed by atoms with van der Waals surface area (Å²) in [7, 11) is -3.14. The van der Waals surface area contributed by atoms with Gasteiger partial charge in [0.1, 0.15) is 35.2 Å². The lowest BCUT2D eigenvalue weighted by atomic mass is 10.3.